The summed E-state index contributed by atoms with van der Waals surface area (Å²) in [5.41, 5.74) is 2.51. The van der Waals surface area contributed by atoms with Crippen molar-refractivity contribution in [3.63, 3.8) is 0 Å². The van der Waals surface area contributed by atoms with Crippen molar-refractivity contribution in [1.82, 2.24) is 24.8 Å². The molecule has 1 saturated heterocycles. The number of hydrogen-bond donors (Lipinski definition) is 1. The average Bonchev–Trinajstić information content (AvgIpc) is 2.93. The molecule has 1 fully saturated rings. The predicted molar refractivity (Wildman–Crippen MR) is 105 cm³/mol. The second-order valence-corrected chi connectivity index (χ2v) is 7.08. The van der Waals surface area contributed by atoms with Crippen molar-refractivity contribution < 1.29 is 9.59 Å². The highest BCUT2D eigenvalue weighted by molar-refractivity contribution is 5.89. The number of pyridine rings is 1. The number of carbonyl (C=O) groups excluding carboxylic acids is 2. The topological polar surface area (TPSA) is 91.3 Å². The molecule has 2 aromatic rings. The zero-order valence-corrected chi connectivity index (χ0v) is 16.3. The lowest BCUT2D eigenvalue weighted by Crippen LogP contribution is -2.40. The summed E-state index contributed by atoms with van der Waals surface area (Å²) in [5, 5.41) is 2.94. The Bertz CT molecular complexity index is 813. The lowest BCUT2D eigenvalue weighted by molar-refractivity contribution is -0.132. The van der Waals surface area contributed by atoms with Crippen LogP contribution in [0.5, 0.6) is 0 Å². The normalized spacial score (nSPS) is 16.9. The summed E-state index contributed by atoms with van der Waals surface area (Å²) < 4.78 is 0. The average molecular weight is 382 g/mol. The van der Waals surface area contributed by atoms with Gasteiger partial charge < -0.3 is 15.1 Å². The Kier molecular flexibility index (Phi) is 6.52. The summed E-state index contributed by atoms with van der Waals surface area (Å²) in [5.74, 6) is 0.0269. The number of nitrogens with one attached hydrogen (secondary N) is 1. The first-order valence-corrected chi connectivity index (χ1v) is 9.52. The van der Waals surface area contributed by atoms with Crippen molar-refractivity contribution in [3.05, 3.63) is 48.3 Å². The predicted octanol–water partition coefficient (Wildman–Crippen LogP) is 2.62. The summed E-state index contributed by atoms with van der Waals surface area (Å²) in [7, 11) is 0. The number of amides is 3. The highest BCUT2D eigenvalue weighted by Gasteiger charge is 2.26. The van der Waals surface area contributed by atoms with Gasteiger partial charge in [0.05, 0.1) is 0 Å². The molecule has 1 aliphatic rings. The van der Waals surface area contributed by atoms with Crippen molar-refractivity contribution in [2.75, 3.05) is 18.4 Å². The molecular weight excluding hydrogens is 356 g/mol. The van der Waals surface area contributed by atoms with E-state index in [9.17, 15) is 9.59 Å². The van der Waals surface area contributed by atoms with Crippen molar-refractivity contribution in [2.24, 2.45) is 0 Å². The molecule has 3 heterocycles. The van der Waals surface area contributed by atoms with Crippen LogP contribution in [-0.2, 0) is 11.3 Å². The molecule has 3 amide bonds. The number of rotatable bonds is 4. The Labute approximate surface area is 165 Å². The number of carbonyl (C=O) groups is 2. The first kappa shape index (κ1) is 19.7. The number of anilines is 1. The van der Waals surface area contributed by atoms with E-state index in [0.29, 0.717) is 19.6 Å². The van der Waals surface area contributed by atoms with Gasteiger partial charge in [-0.2, -0.15) is 0 Å². The van der Waals surface area contributed by atoms with Crippen LogP contribution in [0.1, 0.15) is 37.4 Å². The van der Waals surface area contributed by atoms with Crippen LogP contribution < -0.4 is 5.32 Å². The fourth-order valence-corrected chi connectivity index (χ4v) is 3.53. The highest BCUT2D eigenvalue weighted by atomic mass is 16.2. The van der Waals surface area contributed by atoms with Gasteiger partial charge in [-0.1, -0.05) is 0 Å². The fourth-order valence-electron chi connectivity index (χ4n) is 3.53. The second-order valence-electron chi connectivity index (χ2n) is 7.08. The molecule has 0 spiro atoms. The zero-order valence-electron chi connectivity index (χ0n) is 16.3. The van der Waals surface area contributed by atoms with E-state index in [2.05, 4.69) is 20.3 Å². The second kappa shape index (κ2) is 9.25. The highest BCUT2D eigenvalue weighted by Crippen LogP contribution is 2.20. The van der Waals surface area contributed by atoms with E-state index < -0.39 is 0 Å². The van der Waals surface area contributed by atoms with E-state index in [1.54, 1.807) is 31.6 Å². The lowest BCUT2D eigenvalue weighted by atomic mass is 10.1. The third kappa shape index (κ3) is 5.25. The number of aryl methyl sites for hydroxylation is 1. The molecule has 3 rings (SSSR count). The Morgan fingerprint density at radius 3 is 2.75 bits per heavy atom. The van der Waals surface area contributed by atoms with Crippen LogP contribution >= 0.6 is 0 Å². The van der Waals surface area contributed by atoms with Gasteiger partial charge in [-0.25, -0.2) is 14.8 Å². The Balaban J connectivity index is 1.61. The van der Waals surface area contributed by atoms with Gasteiger partial charge in [0, 0.05) is 68.1 Å². The maximum absolute atomic E-state index is 12.6. The lowest BCUT2D eigenvalue weighted by Gasteiger charge is -2.30. The molecule has 148 valence electrons. The minimum atomic E-state index is -0.114. The molecule has 0 aromatic carbocycles. The maximum atomic E-state index is 12.6. The number of hydrogen-bond acceptors (Lipinski definition) is 5. The Morgan fingerprint density at radius 1 is 1.25 bits per heavy atom. The van der Waals surface area contributed by atoms with Crippen LogP contribution in [0.3, 0.4) is 0 Å². The van der Waals surface area contributed by atoms with E-state index in [4.69, 9.17) is 0 Å². The Morgan fingerprint density at radius 2 is 2.04 bits per heavy atom. The standard InChI is InChI=1S/C20H26N6O2/c1-15-10-18(5-7-23-15)24-20(28)25-8-3-4-19(6-9-25)26(16(2)27)13-17-11-21-14-22-12-17/h5,7,10-12,14,19H,3-4,6,8-9,13H2,1-2H3,(H,23,24,28)/t19-/m0/s1. The van der Waals surface area contributed by atoms with E-state index >= 15 is 0 Å². The van der Waals surface area contributed by atoms with Gasteiger partial charge in [-0.3, -0.25) is 9.78 Å². The van der Waals surface area contributed by atoms with Crippen LogP contribution in [0, 0.1) is 6.92 Å². The molecular formula is C20H26N6O2. The zero-order chi connectivity index (χ0) is 19.9. The van der Waals surface area contributed by atoms with E-state index in [1.807, 2.05) is 22.8 Å². The van der Waals surface area contributed by atoms with E-state index in [-0.39, 0.29) is 18.0 Å². The van der Waals surface area contributed by atoms with Crippen LogP contribution in [-0.4, -0.2) is 55.8 Å². The summed E-state index contributed by atoms with van der Waals surface area (Å²) >= 11 is 0. The van der Waals surface area contributed by atoms with Crippen molar-refractivity contribution >= 4 is 17.6 Å². The van der Waals surface area contributed by atoms with Gasteiger partial charge in [-0.15, -0.1) is 0 Å². The van der Waals surface area contributed by atoms with Gasteiger partial charge >= 0.3 is 6.03 Å². The van der Waals surface area contributed by atoms with Gasteiger partial charge in [0.25, 0.3) is 0 Å². The monoisotopic (exact) mass is 382 g/mol. The summed E-state index contributed by atoms with van der Waals surface area (Å²) in [4.78, 5) is 40.7. The van der Waals surface area contributed by atoms with Crippen molar-refractivity contribution in [1.29, 1.82) is 0 Å². The molecule has 0 unspecified atom stereocenters. The number of urea groups is 1. The molecule has 0 bridgehead atoms. The molecule has 1 atom stereocenters. The molecule has 28 heavy (non-hydrogen) atoms. The van der Waals surface area contributed by atoms with Crippen LogP contribution in [0.25, 0.3) is 0 Å². The molecule has 8 heteroatoms. The minimum Gasteiger partial charge on any atom is -0.335 e. The molecule has 0 radical (unpaired) electrons. The molecule has 1 N–H and O–H groups in total. The number of likely N-dealkylation sites (tertiary alicyclic amines) is 1. The quantitative estimate of drug-likeness (QED) is 0.878. The molecule has 0 saturated carbocycles. The third-order valence-corrected chi connectivity index (χ3v) is 4.94. The van der Waals surface area contributed by atoms with Gasteiger partial charge in [-0.05, 0) is 38.3 Å². The summed E-state index contributed by atoms with van der Waals surface area (Å²) in [6.07, 6.45) is 9.09. The summed E-state index contributed by atoms with van der Waals surface area (Å²) in [6, 6.07) is 3.61. The first-order chi connectivity index (χ1) is 13.5. The molecule has 0 aliphatic carbocycles. The van der Waals surface area contributed by atoms with Crippen molar-refractivity contribution in [2.45, 2.75) is 45.7 Å². The number of nitrogens with zero attached hydrogens (tertiary/aromatic N) is 5. The van der Waals surface area contributed by atoms with E-state index in [0.717, 1.165) is 36.2 Å². The fraction of sp³-hybridized carbons (Fsp3) is 0.450. The largest absolute Gasteiger partial charge is 0.335 e. The number of aromatic nitrogens is 3. The smallest absolute Gasteiger partial charge is 0.321 e. The van der Waals surface area contributed by atoms with Gasteiger partial charge in [0.15, 0.2) is 0 Å². The first-order valence-electron chi connectivity index (χ1n) is 9.52. The Hall–Kier alpha value is -3.03. The van der Waals surface area contributed by atoms with Crippen LogP contribution in [0.2, 0.25) is 0 Å². The summed E-state index contributed by atoms with van der Waals surface area (Å²) in [6.45, 7) is 5.25. The molecule has 8 nitrogen and oxygen atoms in total. The van der Waals surface area contributed by atoms with Crippen molar-refractivity contribution in [3.8, 4) is 0 Å². The van der Waals surface area contributed by atoms with Gasteiger partial charge in [0.2, 0.25) is 5.91 Å². The van der Waals surface area contributed by atoms with Crippen LogP contribution in [0.15, 0.2) is 37.1 Å². The maximum Gasteiger partial charge on any atom is 0.321 e. The third-order valence-electron chi connectivity index (χ3n) is 4.94. The van der Waals surface area contributed by atoms with Gasteiger partial charge in [0.1, 0.15) is 6.33 Å². The van der Waals surface area contributed by atoms with E-state index in [1.165, 1.54) is 6.33 Å². The molecule has 2 aromatic heterocycles. The van der Waals surface area contributed by atoms with Crippen LogP contribution in [0.4, 0.5) is 10.5 Å². The SMILES string of the molecule is CC(=O)N(Cc1cncnc1)[C@H]1CCCN(C(=O)Nc2ccnc(C)c2)CC1. The molecule has 1 aliphatic heterocycles. The minimum absolute atomic E-state index is 0.0269.